The van der Waals surface area contributed by atoms with Crippen molar-refractivity contribution in [1.82, 2.24) is 5.32 Å². The lowest BCUT2D eigenvalue weighted by Gasteiger charge is -2.33. The van der Waals surface area contributed by atoms with Crippen molar-refractivity contribution in [3.63, 3.8) is 0 Å². The molecule has 0 saturated heterocycles. The summed E-state index contributed by atoms with van der Waals surface area (Å²) in [4.78, 5) is 0. The van der Waals surface area contributed by atoms with E-state index < -0.39 is 0 Å². The average molecular weight is 259 g/mol. The summed E-state index contributed by atoms with van der Waals surface area (Å²) < 4.78 is 5.76. The maximum absolute atomic E-state index is 5.76. The molecular weight excluding hydrogens is 234 g/mol. The van der Waals surface area contributed by atoms with Gasteiger partial charge in [-0.15, -0.1) is 0 Å². The first-order valence-corrected chi connectivity index (χ1v) is 7.72. The molecule has 2 aliphatic rings. The van der Waals surface area contributed by atoms with Gasteiger partial charge in [0.1, 0.15) is 12.4 Å². The molecule has 0 bridgehead atoms. The van der Waals surface area contributed by atoms with Crippen LogP contribution in [-0.4, -0.2) is 12.6 Å². The molecule has 1 N–H and O–H groups in total. The van der Waals surface area contributed by atoms with E-state index >= 15 is 0 Å². The highest BCUT2D eigenvalue weighted by atomic mass is 16.5. The lowest BCUT2D eigenvalue weighted by atomic mass is 9.79. The zero-order valence-corrected chi connectivity index (χ0v) is 12.1. The molecule has 3 unspecified atom stereocenters. The molecule has 104 valence electrons. The summed E-state index contributed by atoms with van der Waals surface area (Å²) in [5, 5.41) is 3.83. The van der Waals surface area contributed by atoms with Crippen LogP contribution in [0.5, 0.6) is 5.75 Å². The van der Waals surface area contributed by atoms with Crippen molar-refractivity contribution in [1.29, 1.82) is 0 Å². The second-order valence-electron chi connectivity index (χ2n) is 6.44. The van der Waals surface area contributed by atoms with E-state index in [1.165, 1.54) is 31.2 Å². The SMILES string of the molecule is CC(C)C1CCCC(NC2COc3ccccc32)C1. The Hall–Kier alpha value is -1.02. The fourth-order valence-electron chi connectivity index (χ4n) is 3.57. The minimum absolute atomic E-state index is 0.395. The van der Waals surface area contributed by atoms with Gasteiger partial charge in [0.25, 0.3) is 0 Å². The van der Waals surface area contributed by atoms with Gasteiger partial charge in [-0.05, 0) is 30.7 Å². The summed E-state index contributed by atoms with van der Waals surface area (Å²) >= 11 is 0. The Bertz CT molecular complexity index is 429. The van der Waals surface area contributed by atoms with Crippen molar-refractivity contribution in [3.05, 3.63) is 29.8 Å². The first-order chi connectivity index (χ1) is 9.24. The van der Waals surface area contributed by atoms with Crippen LogP contribution in [-0.2, 0) is 0 Å². The number of para-hydroxylation sites is 1. The molecule has 3 atom stereocenters. The third kappa shape index (κ3) is 2.79. The first kappa shape index (κ1) is 13.0. The molecule has 0 amide bonds. The van der Waals surface area contributed by atoms with E-state index in [0.29, 0.717) is 12.1 Å². The number of hydrogen-bond acceptors (Lipinski definition) is 2. The smallest absolute Gasteiger partial charge is 0.124 e. The van der Waals surface area contributed by atoms with Crippen LogP contribution in [0.3, 0.4) is 0 Å². The maximum atomic E-state index is 5.76. The van der Waals surface area contributed by atoms with E-state index in [4.69, 9.17) is 4.74 Å². The molecule has 1 fully saturated rings. The largest absolute Gasteiger partial charge is 0.491 e. The molecule has 2 heteroatoms. The van der Waals surface area contributed by atoms with E-state index in [-0.39, 0.29) is 0 Å². The maximum Gasteiger partial charge on any atom is 0.124 e. The van der Waals surface area contributed by atoms with Gasteiger partial charge in [-0.3, -0.25) is 0 Å². The summed E-state index contributed by atoms with van der Waals surface area (Å²) in [6.07, 6.45) is 5.43. The molecule has 0 aromatic heterocycles. The van der Waals surface area contributed by atoms with E-state index in [1.807, 2.05) is 0 Å². The van der Waals surface area contributed by atoms with Gasteiger partial charge in [0, 0.05) is 11.6 Å². The van der Waals surface area contributed by atoms with Crippen molar-refractivity contribution in [3.8, 4) is 5.75 Å². The molecule has 1 heterocycles. The average Bonchev–Trinajstić information content (AvgIpc) is 2.83. The van der Waals surface area contributed by atoms with Gasteiger partial charge in [0.05, 0.1) is 6.04 Å². The quantitative estimate of drug-likeness (QED) is 0.888. The van der Waals surface area contributed by atoms with E-state index in [2.05, 4.69) is 43.4 Å². The van der Waals surface area contributed by atoms with Crippen LogP contribution in [0.25, 0.3) is 0 Å². The Morgan fingerprint density at radius 2 is 2.05 bits per heavy atom. The first-order valence-electron chi connectivity index (χ1n) is 7.72. The minimum Gasteiger partial charge on any atom is -0.491 e. The Labute approximate surface area is 116 Å². The normalized spacial score (nSPS) is 30.2. The fraction of sp³-hybridized carbons (Fsp3) is 0.647. The summed E-state index contributed by atoms with van der Waals surface area (Å²) in [5.74, 6) is 2.77. The third-order valence-electron chi connectivity index (χ3n) is 4.79. The van der Waals surface area contributed by atoms with Crippen LogP contribution in [0.1, 0.15) is 51.1 Å². The number of hydrogen-bond donors (Lipinski definition) is 1. The van der Waals surface area contributed by atoms with Crippen molar-refractivity contribution in [2.75, 3.05) is 6.61 Å². The molecule has 0 radical (unpaired) electrons. The summed E-state index contributed by atoms with van der Waals surface area (Å²) in [5.41, 5.74) is 1.34. The molecule has 19 heavy (non-hydrogen) atoms. The predicted octanol–water partition coefficient (Wildman–Crippen LogP) is 3.92. The van der Waals surface area contributed by atoms with Crippen LogP contribution in [0.4, 0.5) is 0 Å². The number of rotatable bonds is 3. The number of benzene rings is 1. The monoisotopic (exact) mass is 259 g/mol. The van der Waals surface area contributed by atoms with E-state index in [1.54, 1.807) is 0 Å². The van der Waals surface area contributed by atoms with Crippen molar-refractivity contribution in [2.24, 2.45) is 11.8 Å². The molecule has 0 spiro atoms. The standard InChI is InChI=1S/C17H25NO/c1-12(2)13-6-5-7-14(10-13)18-16-11-19-17-9-4-3-8-15(16)17/h3-4,8-9,12-14,16,18H,5-7,10-11H2,1-2H3. The highest BCUT2D eigenvalue weighted by molar-refractivity contribution is 5.39. The van der Waals surface area contributed by atoms with E-state index in [9.17, 15) is 0 Å². The van der Waals surface area contributed by atoms with Crippen LogP contribution >= 0.6 is 0 Å². The molecule has 1 saturated carbocycles. The lowest BCUT2D eigenvalue weighted by molar-refractivity contribution is 0.209. The predicted molar refractivity (Wildman–Crippen MR) is 78.4 cm³/mol. The Morgan fingerprint density at radius 1 is 1.21 bits per heavy atom. The Morgan fingerprint density at radius 3 is 2.89 bits per heavy atom. The fourth-order valence-corrected chi connectivity index (χ4v) is 3.57. The lowest BCUT2D eigenvalue weighted by Crippen LogP contribution is -2.38. The number of ether oxygens (including phenoxy) is 1. The second-order valence-corrected chi connectivity index (χ2v) is 6.44. The molecule has 3 rings (SSSR count). The van der Waals surface area contributed by atoms with Gasteiger partial charge in [-0.1, -0.05) is 44.9 Å². The van der Waals surface area contributed by atoms with Crippen molar-refractivity contribution in [2.45, 2.75) is 51.6 Å². The Kier molecular flexibility index (Phi) is 3.79. The second kappa shape index (κ2) is 5.54. The van der Waals surface area contributed by atoms with Crippen LogP contribution in [0, 0.1) is 11.8 Å². The highest BCUT2D eigenvalue weighted by Crippen LogP contribution is 2.35. The van der Waals surface area contributed by atoms with Gasteiger partial charge in [0.2, 0.25) is 0 Å². The minimum atomic E-state index is 0.395. The van der Waals surface area contributed by atoms with Crippen LogP contribution in [0.2, 0.25) is 0 Å². The third-order valence-corrected chi connectivity index (χ3v) is 4.79. The summed E-state index contributed by atoms with van der Waals surface area (Å²) in [6.45, 7) is 5.52. The van der Waals surface area contributed by atoms with Crippen LogP contribution in [0.15, 0.2) is 24.3 Å². The van der Waals surface area contributed by atoms with E-state index in [0.717, 1.165) is 24.2 Å². The summed E-state index contributed by atoms with van der Waals surface area (Å²) in [7, 11) is 0. The molecule has 1 aromatic carbocycles. The van der Waals surface area contributed by atoms with Gasteiger partial charge >= 0.3 is 0 Å². The van der Waals surface area contributed by atoms with Gasteiger partial charge in [0.15, 0.2) is 0 Å². The van der Waals surface area contributed by atoms with Crippen molar-refractivity contribution < 1.29 is 4.74 Å². The van der Waals surface area contributed by atoms with Crippen molar-refractivity contribution >= 4 is 0 Å². The molecule has 1 aliphatic carbocycles. The number of nitrogens with one attached hydrogen (secondary N) is 1. The van der Waals surface area contributed by atoms with Gasteiger partial charge < -0.3 is 10.1 Å². The highest BCUT2D eigenvalue weighted by Gasteiger charge is 2.29. The molecular formula is C17H25NO. The zero-order chi connectivity index (χ0) is 13.2. The number of fused-ring (bicyclic) bond motifs is 1. The Balaban J connectivity index is 1.63. The van der Waals surface area contributed by atoms with Gasteiger partial charge in [-0.2, -0.15) is 0 Å². The molecule has 1 aromatic rings. The summed E-state index contributed by atoms with van der Waals surface area (Å²) in [6, 6.07) is 9.50. The van der Waals surface area contributed by atoms with Crippen LogP contribution < -0.4 is 10.1 Å². The molecule has 1 aliphatic heterocycles. The zero-order valence-electron chi connectivity index (χ0n) is 12.1. The topological polar surface area (TPSA) is 21.3 Å². The van der Waals surface area contributed by atoms with Gasteiger partial charge in [-0.25, -0.2) is 0 Å². The molecule has 2 nitrogen and oxygen atoms in total.